The molecular formula is C10H20N2O4. The van der Waals surface area contributed by atoms with Gasteiger partial charge in [0.15, 0.2) is 0 Å². The van der Waals surface area contributed by atoms with Crippen LogP contribution in [-0.4, -0.2) is 73.6 Å². The highest BCUT2D eigenvalue weighted by molar-refractivity contribution is 5.80. The fraction of sp³-hybridized carbons (Fsp3) is 0.900. The average molecular weight is 232 g/mol. The molecule has 16 heavy (non-hydrogen) atoms. The molecule has 1 saturated heterocycles. The molecule has 94 valence electrons. The van der Waals surface area contributed by atoms with E-state index >= 15 is 0 Å². The number of carbonyl (C=O) groups is 1. The number of likely N-dealkylation sites (N-methyl/N-ethyl adjacent to an activating group) is 1. The van der Waals surface area contributed by atoms with E-state index < -0.39 is 0 Å². The number of hydrogen-bond donors (Lipinski definition) is 3. The van der Waals surface area contributed by atoms with Crippen molar-refractivity contribution >= 4 is 5.91 Å². The Bertz CT molecular complexity index is 219. The molecule has 0 aromatic carbocycles. The van der Waals surface area contributed by atoms with Crippen molar-refractivity contribution in [2.24, 2.45) is 5.92 Å². The number of amides is 1. The fourth-order valence-electron chi connectivity index (χ4n) is 1.89. The second-order valence-corrected chi connectivity index (χ2v) is 3.81. The third-order valence-electron chi connectivity index (χ3n) is 2.82. The van der Waals surface area contributed by atoms with Gasteiger partial charge in [0.1, 0.15) is 0 Å². The Kier molecular flexibility index (Phi) is 5.68. The summed E-state index contributed by atoms with van der Waals surface area (Å²) < 4.78 is 5.25. The van der Waals surface area contributed by atoms with Gasteiger partial charge in [-0.1, -0.05) is 0 Å². The van der Waals surface area contributed by atoms with Gasteiger partial charge in [-0.15, -0.1) is 0 Å². The first-order valence-electron chi connectivity index (χ1n) is 5.50. The summed E-state index contributed by atoms with van der Waals surface area (Å²) in [7, 11) is 1.79. The quantitative estimate of drug-likeness (QED) is 0.495. The van der Waals surface area contributed by atoms with E-state index in [4.69, 9.17) is 14.9 Å². The number of aliphatic hydroxyl groups excluding tert-OH is 2. The molecule has 1 aliphatic heterocycles. The van der Waals surface area contributed by atoms with Crippen LogP contribution in [0.4, 0.5) is 0 Å². The van der Waals surface area contributed by atoms with Crippen molar-refractivity contribution in [3.8, 4) is 0 Å². The van der Waals surface area contributed by atoms with Crippen LogP contribution in [0.15, 0.2) is 0 Å². The van der Waals surface area contributed by atoms with Crippen LogP contribution in [0, 0.1) is 5.92 Å². The van der Waals surface area contributed by atoms with E-state index in [2.05, 4.69) is 5.32 Å². The molecule has 1 aliphatic rings. The molecule has 0 spiro atoms. The van der Waals surface area contributed by atoms with E-state index in [1.54, 1.807) is 7.05 Å². The van der Waals surface area contributed by atoms with Crippen LogP contribution < -0.4 is 5.32 Å². The monoisotopic (exact) mass is 232 g/mol. The van der Waals surface area contributed by atoms with E-state index in [1.807, 2.05) is 0 Å². The molecule has 1 heterocycles. The van der Waals surface area contributed by atoms with Gasteiger partial charge in [0.05, 0.1) is 32.3 Å². The molecular weight excluding hydrogens is 212 g/mol. The lowest BCUT2D eigenvalue weighted by molar-refractivity contribution is -0.137. The van der Waals surface area contributed by atoms with Crippen molar-refractivity contribution in [3.63, 3.8) is 0 Å². The molecule has 6 nitrogen and oxygen atoms in total. The molecule has 0 aromatic rings. The first-order chi connectivity index (χ1) is 7.74. The molecule has 1 rings (SSSR count). The van der Waals surface area contributed by atoms with Gasteiger partial charge in [-0.3, -0.25) is 4.79 Å². The lowest BCUT2D eigenvalue weighted by Gasteiger charge is -2.26. The van der Waals surface area contributed by atoms with Crippen molar-refractivity contribution in [2.45, 2.75) is 6.04 Å². The molecule has 0 saturated carbocycles. The molecule has 0 aromatic heterocycles. The molecule has 1 amide bonds. The molecule has 0 radical (unpaired) electrons. The molecule has 6 heteroatoms. The Morgan fingerprint density at radius 2 is 2.00 bits per heavy atom. The Hall–Kier alpha value is -0.690. The molecule has 2 unspecified atom stereocenters. The maximum absolute atomic E-state index is 12.1. The smallest absolute Gasteiger partial charge is 0.229 e. The summed E-state index contributed by atoms with van der Waals surface area (Å²) in [6, 6.07) is 0.0207. The minimum absolute atomic E-state index is 0.0207. The molecule has 2 atom stereocenters. The maximum Gasteiger partial charge on any atom is 0.229 e. The van der Waals surface area contributed by atoms with Crippen LogP contribution in [0.5, 0.6) is 0 Å². The summed E-state index contributed by atoms with van der Waals surface area (Å²) >= 11 is 0. The van der Waals surface area contributed by atoms with Crippen molar-refractivity contribution in [1.29, 1.82) is 0 Å². The first-order valence-corrected chi connectivity index (χ1v) is 5.50. The van der Waals surface area contributed by atoms with Gasteiger partial charge in [0.2, 0.25) is 5.91 Å². The van der Waals surface area contributed by atoms with Crippen molar-refractivity contribution < 1.29 is 19.7 Å². The topological polar surface area (TPSA) is 82.0 Å². The summed E-state index contributed by atoms with van der Waals surface area (Å²) in [6.07, 6.45) is 0. The second-order valence-electron chi connectivity index (χ2n) is 3.81. The zero-order valence-corrected chi connectivity index (χ0v) is 9.56. The third-order valence-corrected chi connectivity index (χ3v) is 2.82. The number of carbonyl (C=O) groups excluding carboxylic acids is 1. The van der Waals surface area contributed by atoms with Crippen LogP contribution >= 0.6 is 0 Å². The molecule has 0 bridgehead atoms. The minimum atomic E-state index is -0.219. The summed E-state index contributed by atoms with van der Waals surface area (Å²) in [5.74, 6) is -0.289. The zero-order valence-electron chi connectivity index (χ0n) is 9.56. The molecule has 1 fully saturated rings. The number of ether oxygens (including phenoxy) is 1. The van der Waals surface area contributed by atoms with Crippen molar-refractivity contribution in [1.82, 2.24) is 10.2 Å². The minimum Gasteiger partial charge on any atom is -0.395 e. The standard InChI is InChI=1S/C10H20N2O4/c1-11-9-7-16-6-8(9)10(15)12(2-4-13)3-5-14/h8-9,11,13-14H,2-7H2,1H3. The second kappa shape index (κ2) is 6.80. The van der Waals surface area contributed by atoms with E-state index in [1.165, 1.54) is 4.90 Å². The Morgan fingerprint density at radius 3 is 2.50 bits per heavy atom. The van der Waals surface area contributed by atoms with Gasteiger partial charge in [0, 0.05) is 19.1 Å². The average Bonchev–Trinajstić information content (AvgIpc) is 2.75. The van der Waals surface area contributed by atoms with Gasteiger partial charge in [-0.05, 0) is 7.05 Å². The highest BCUT2D eigenvalue weighted by Crippen LogP contribution is 2.16. The maximum atomic E-state index is 12.1. The highest BCUT2D eigenvalue weighted by atomic mass is 16.5. The number of nitrogens with one attached hydrogen (secondary N) is 1. The SMILES string of the molecule is CNC1COCC1C(=O)N(CCO)CCO. The molecule has 0 aliphatic carbocycles. The van der Waals surface area contributed by atoms with E-state index in [0.29, 0.717) is 13.2 Å². The lowest BCUT2D eigenvalue weighted by atomic mass is 10.0. The normalized spacial score (nSPS) is 24.7. The summed E-state index contributed by atoms with van der Waals surface area (Å²) in [5, 5.41) is 20.7. The number of hydrogen-bond acceptors (Lipinski definition) is 5. The van der Waals surface area contributed by atoms with Crippen molar-refractivity contribution in [3.05, 3.63) is 0 Å². The summed E-state index contributed by atoms with van der Waals surface area (Å²) in [4.78, 5) is 13.6. The summed E-state index contributed by atoms with van der Waals surface area (Å²) in [6.45, 7) is 1.25. The van der Waals surface area contributed by atoms with Gasteiger partial charge >= 0.3 is 0 Å². The van der Waals surface area contributed by atoms with Crippen LogP contribution in [0.1, 0.15) is 0 Å². The zero-order chi connectivity index (χ0) is 12.0. The Balaban J connectivity index is 2.58. The lowest BCUT2D eigenvalue weighted by Crippen LogP contribution is -2.46. The highest BCUT2D eigenvalue weighted by Gasteiger charge is 2.35. The number of rotatable bonds is 6. The van der Waals surface area contributed by atoms with E-state index in [0.717, 1.165) is 0 Å². The predicted molar refractivity (Wildman–Crippen MR) is 57.9 cm³/mol. The van der Waals surface area contributed by atoms with Crippen LogP contribution in [0.2, 0.25) is 0 Å². The summed E-state index contributed by atoms with van der Waals surface area (Å²) in [5.41, 5.74) is 0. The fourth-order valence-corrected chi connectivity index (χ4v) is 1.89. The van der Waals surface area contributed by atoms with Gasteiger partial charge in [-0.2, -0.15) is 0 Å². The number of nitrogens with zero attached hydrogens (tertiary/aromatic N) is 1. The van der Waals surface area contributed by atoms with E-state index in [9.17, 15) is 4.79 Å². The first kappa shape index (κ1) is 13.4. The van der Waals surface area contributed by atoms with Gasteiger partial charge in [-0.25, -0.2) is 0 Å². The largest absolute Gasteiger partial charge is 0.395 e. The Morgan fingerprint density at radius 1 is 1.38 bits per heavy atom. The van der Waals surface area contributed by atoms with E-state index in [-0.39, 0.29) is 44.2 Å². The van der Waals surface area contributed by atoms with Gasteiger partial charge in [0.25, 0.3) is 0 Å². The predicted octanol–water partition coefficient (Wildman–Crippen LogP) is -1.97. The molecule has 3 N–H and O–H groups in total. The Labute approximate surface area is 95.2 Å². The van der Waals surface area contributed by atoms with Crippen LogP contribution in [0.3, 0.4) is 0 Å². The van der Waals surface area contributed by atoms with Crippen LogP contribution in [-0.2, 0) is 9.53 Å². The van der Waals surface area contributed by atoms with Crippen LogP contribution in [0.25, 0.3) is 0 Å². The van der Waals surface area contributed by atoms with Gasteiger partial charge < -0.3 is 25.2 Å². The third kappa shape index (κ3) is 3.15. The van der Waals surface area contributed by atoms with Crippen molar-refractivity contribution in [2.75, 3.05) is 46.6 Å². The number of aliphatic hydroxyl groups is 2.